The van der Waals surface area contributed by atoms with Gasteiger partial charge in [0.15, 0.2) is 0 Å². The van der Waals surface area contributed by atoms with E-state index in [1.165, 1.54) is 17.5 Å². The SMILES string of the molecule is CCNC(=O)[C@@H](Cc1ccccc1)N(Cc1ccc(Cl)cc1)C(=O)CCCN(c1ccc(OC)c(Cl)c1)S(C)(=O)=O. The van der Waals surface area contributed by atoms with Gasteiger partial charge < -0.3 is 15.0 Å². The highest BCUT2D eigenvalue weighted by Crippen LogP contribution is 2.30. The second kappa shape index (κ2) is 15.1. The lowest BCUT2D eigenvalue weighted by molar-refractivity contribution is -0.141. The van der Waals surface area contributed by atoms with Crippen molar-refractivity contribution in [2.24, 2.45) is 0 Å². The summed E-state index contributed by atoms with van der Waals surface area (Å²) in [5.74, 6) is -0.107. The van der Waals surface area contributed by atoms with Gasteiger partial charge in [0.2, 0.25) is 21.8 Å². The Bertz CT molecular complexity index is 1420. The third kappa shape index (κ3) is 9.38. The Morgan fingerprint density at radius 2 is 1.66 bits per heavy atom. The quantitative estimate of drug-likeness (QED) is 0.263. The molecule has 3 rings (SSSR count). The fraction of sp³-hybridized carbons (Fsp3) is 0.333. The van der Waals surface area contributed by atoms with Crippen molar-refractivity contribution in [2.75, 3.05) is 30.8 Å². The number of halogens is 2. The van der Waals surface area contributed by atoms with Crippen LogP contribution in [-0.2, 0) is 32.6 Å². The standard InChI is InChI=1S/C30H35Cl2N3O5S/c1-4-33-30(37)27(19-22-9-6-5-7-10-22)34(21-23-12-14-24(31)15-13-23)29(36)11-8-18-35(41(3,38)39)25-16-17-28(40-2)26(32)20-25/h5-7,9-10,12-17,20,27H,4,8,11,18-19,21H2,1-3H3,(H,33,37)/t27-/m1/s1. The summed E-state index contributed by atoms with van der Waals surface area (Å²) in [6, 6.07) is 20.6. The number of likely N-dealkylation sites (N-methyl/N-ethyl adjacent to an activating group) is 1. The Hall–Kier alpha value is -3.27. The average Bonchev–Trinajstić information content (AvgIpc) is 2.94. The normalized spacial score (nSPS) is 11.9. The Kier molecular flexibility index (Phi) is 11.9. The number of benzene rings is 3. The topological polar surface area (TPSA) is 96.0 Å². The predicted molar refractivity (Wildman–Crippen MR) is 164 cm³/mol. The van der Waals surface area contributed by atoms with Crippen LogP contribution < -0.4 is 14.4 Å². The van der Waals surface area contributed by atoms with Crippen molar-refractivity contribution in [1.82, 2.24) is 10.2 Å². The van der Waals surface area contributed by atoms with E-state index in [0.29, 0.717) is 29.4 Å². The van der Waals surface area contributed by atoms with E-state index < -0.39 is 16.1 Å². The number of amides is 2. The number of rotatable bonds is 14. The van der Waals surface area contributed by atoms with E-state index in [1.807, 2.05) is 49.4 Å². The lowest BCUT2D eigenvalue weighted by Gasteiger charge is -2.32. The van der Waals surface area contributed by atoms with Crippen molar-refractivity contribution in [3.05, 3.63) is 94.0 Å². The molecule has 0 bridgehead atoms. The first kappa shape index (κ1) is 32.2. The van der Waals surface area contributed by atoms with Crippen LogP contribution in [0.4, 0.5) is 5.69 Å². The molecule has 0 heterocycles. The first-order valence-corrected chi connectivity index (χ1v) is 15.8. The number of anilines is 1. The van der Waals surface area contributed by atoms with Gasteiger partial charge in [-0.3, -0.25) is 13.9 Å². The fourth-order valence-electron chi connectivity index (χ4n) is 4.45. The number of hydrogen-bond donors (Lipinski definition) is 1. The van der Waals surface area contributed by atoms with Gasteiger partial charge >= 0.3 is 0 Å². The van der Waals surface area contributed by atoms with Gasteiger partial charge in [0, 0.05) is 37.5 Å². The molecule has 11 heteroatoms. The molecular formula is C30H35Cl2N3O5S. The molecule has 0 aromatic heterocycles. The molecule has 1 atom stereocenters. The fourth-order valence-corrected chi connectivity index (χ4v) is 5.78. The molecular weight excluding hydrogens is 585 g/mol. The van der Waals surface area contributed by atoms with Gasteiger partial charge in [-0.2, -0.15) is 0 Å². The Labute approximate surface area is 252 Å². The summed E-state index contributed by atoms with van der Waals surface area (Å²) in [4.78, 5) is 28.6. The van der Waals surface area contributed by atoms with Crippen LogP contribution in [0.15, 0.2) is 72.8 Å². The van der Waals surface area contributed by atoms with Gasteiger partial charge in [0.05, 0.1) is 24.1 Å². The van der Waals surface area contributed by atoms with Crippen LogP contribution in [-0.4, -0.2) is 57.6 Å². The van der Waals surface area contributed by atoms with E-state index in [4.69, 9.17) is 27.9 Å². The zero-order chi connectivity index (χ0) is 30.0. The van der Waals surface area contributed by atoms with E-state index in [-0.39, 0.29) is 42.8 Å². The maximum Gasteiger partial charge on any atom is 0.243 e. The molecule has 220 valence electrons. The molecule has 41 heavy (non-hydrogen) atoms. The summed E-state index contributed by atoms with van der Waals surface area (Å²) in [5.41, 5.74) is 2.10. The molecule has 0 aliphatic rings. The van der Waals surface area contributed by atoms with Crippen molar-refractivity contribution in [1.29, 1.82) is 0 Å². The van der Waals surface area contributed by atoms with E-state index >= 15 is 0 Å². The summed E-state index contributed by atoms with van der Waals surface area (Å²) in [5, 5.41) is 3.70. The third-order valence-electron chi connectivity index (χ3n) is 6.46. The zero-order valence-electron chi connectivity index (χ0n) is 23.3. The van der Waals surface area contributed by atoms with Crippen molar-refractivity contribution < 1.29 is 22.7 Å². The predicted octanol–water partition coefficient (Wildman–Crippen LogP) is 5.32. The molecule has 0 spiro atoms. The smallest absolute Gasteiger partial charge is 0.243 e. The number of carbonyl (C=O) groups is 2. The molecule has 1 N–H and O–H groups in total. The lowest BCUT2D eigenvalue weighted by Crippen LogP contribution is -2.50. The monoisotopic (exact) mass is 619 g/mol. The van der Waals surface area contributed by atoms with E-state index in [9.17, 15) is 18.0 Å². The van der Waals surface area contributed by atoms with Crippen LogP contribution in [0.3, 0.4) is 0 Å². The molecule has 0 aliphatic heterocycles. The molecule has 0 saturated heterocycles. The number of sulfonamides is 1. The van der Waals surface area contributed by atoms with Gasteiger partial charge in [-0.05, 0) is 54.8 Å². The van der Waals surface area contributed by atoms with Crippen molar-refractivity contribution >= 4 is 50.7 Å². The first-order chi connectivity index (χ1) is 19.5. The van der Waals surface area contributed by atoms with Crippen LogP contribution in [0.2, 0.25) is 10.0 Å². The minimum atomic E-state index is -3.67. The van der Waals surface area contributed by atoms with Gasteiger partial charge in [0.1, 0.15) is 11.8 Å². The van der Waals surface area contributed by atoms with Crippen LogP contribution in [0.1, 0.15) is 30.9 Å². The van der Waals surface area contributed by atoms with Crippen LogP contribution in [0.25, 0.3) is 0 Å². The second-order valence-corrected chi connectivity index (χ2v) is 12.3. The van der Waals surface area contributed by atoms with Gasteiger partial charge in [-0.1, -0.05) is 65.7 Å². The molecule has 0 aliphatic carbocycles. The Morgan fingerprint density at radius 3 is 2.24 bits per heavy atom. The van der Waals surface area contributed by atoms with Crippen LogP contribution in [0, 0.1) is 0 Å². The Morgan fingerprint density at radius 1 is 0.976 bits per heavy atom. The van der Waals surface area contributed by atoms with Gasteiger partial charge in [0.25, 0.3) is 0 Å². The van der Waals surface area contributed by atoms with Gasteiger partial charge in [-0.25, -0.2) is 8.42 Å². The van der Waals surface area contributed by atoms with E-state index in [0.717, 1.165) is 17.4 Å². The molecule has 3 aromatic carbocycles. The van der Waals surface area contributed by atoms with Crippen molar-refractivity contribution in [2.45, 2.75) is 38.8 Å². The van der Waals surface area contributed by atoms with Crippen LogP contribution in [0.5, 0.6) is 5.75 Å². The summed E-state index contributed by atoms with van der Waals surface area (Å²) < 4.78 is 31.7. The highest BCUT2D eigenvalue weighted by molar-refractivity contribution is 7.92. The number of methoxy groups -OCH3 is 1. The minimum Gasteiger partial charge on any atom is -0.495 e. The largest absolute Gasteiger partial charge is 0.495 e. The van der Waals surface area contributed by atoms with E-state index in [1.54, 1.807) is 29.2 Å². The summed E-state index contributed by atoms with van der Waals surface area (Å²) >= 11 is 12.3. The lowest BCUT2D eigenvalue weighted by atomic mass is 10.0. The average molecular weight is 621 g/mol. The van der Waals surface area contributed by atoms with Crippen molar-refractivity contribution in [3.63, 3.8) is 0 Å². The molecule has 0 saturated carbocycles. The number of nitrogens with zero attached hydrogens (tertiary/aromatic N) is 2. The van der Waals surface area contributed by atoms with Crippen molar-refractivity contribution in [3.8, 4) is 5.75 Å². The number of nitrogens with one attached hydrogen (secondary N) is 1. The third-order valence-corrected chi connectivity index (χ3v) is 8.21. The van der Waals surface area contributed by atoms with Gasteiger partial charge in [-0.15, -0.1) is 0 Å². The van der Waals surface area contributed by atoms with Crippen LogP contribution >= 0.6 is 23.2 Å². The zero-order valence-corrected chi connectivity index (χ0v) is 25.7. The maximum absolute atomic E-state index is 13.8. The Balaban J connectivity index is 1.86. The maximum atomic E-state index is 13.8. The number of carbonyl (C=O) groups excluding carboxylic acids is 2. The number of hydrogen-bond acceptors (Lipinski definition) is 5. The molecule has 0 fully saturated rings. The summed E-state index contributed by atoms with van der Waals surface area (Å²) in [7, 11) is -2.20. The first-order valence-electron chi connectivity index (χ1n) is 13.2. The molecule has 3 aromatic rings. The minimum absolute atomic E-state index is 0.0220. The highest BCUT2D eigenvalue weighted by Gasteiger charge is 2.30. The molecule has 2 amide bonds. The second-order valence-electron chi connectivity index (χ2n) is 9.51. The summed E-state index contributed by atoms with van der Waals surface area (Å²) in [6.07, 6.45) is 1.67. The molecule has 0 radical (unpaired) electrons. The number of ether oxygens (including phenoxy) is 1. The molecule has 8 nitrogen and oxygen atoms in total. The summed E-state index contributed by atoms with van der Waals surface area (Å²) in [6.45, 7) is 2.48. The van der Waals surface area contributed by atoms with E-state index in [2.05, 4.69) is 5.32 Å². The molecule has 0 unspecified atom stereocenters. The highest BCUT2D eigenvalue weighted by atomic mass is 35.5.